The van der Waals surface area contributed by atoms with Gasteiger partial charge in [0.25, 0.3) is 11.8 Å². The summed E-state index contributed by atoms with van der Waals surface area (Å²) >= 11 is 0. The number of carbonyl (C=O) groups excluding carboxylic acids is 4. The SMILES string of the molecule is CC(=O)Nc1ccc(C(=O)NN2C(=O)N[C@@](C)(c3ccco3)C2=O)cc1. The normalized spacial score (nSPS) is 19.2. The zero-order valence-electron chi connectivity index (χ0n) is 14.0. The number of rotatable bonds is 4. The first kappa shape index (κ1) is 17.2. The molecule has 0 aliphatic carbocycles. The number of nitrogens with zero attached hydrogens (tertiary/aromatic N) is 1. The second-order valence-electron chi connectivity index (χ2n) is 5.87. The molecule has 0 saturated carbocycles. The van der Waals surface area contributed by atoms with Crippen molar-refractivity contribution < 1.29 is 23.6 Å². The number of imide groups is 1. The van der Waals surface area contributed by atoms with Gasteiger partial charge in [-0.1, -0.05) is 0 Å². The number of amides is 5. The monoisotopic (exact) mass is 356 g/mol. The number of furan rings is 1. The summed E-state index contributed by atoms with van der Waals surface area (Å²) in [7, 11) is 0. The van der Waals surface area contributed by atoms with E-state index in [1.807, 2.05) is 0 Å². The molecule has 1 saturated heterocycles. The van der Waals surface area contributed by atoms with E-state index >= 15 is 0 Å². The van der Waals surface area contributed by atoms with E-state index in [0.717, 1.165) is 0 Å². The predicted molar refractivity (Wildman–Crippen MR) is 89.6 cm³/mol. The Balaban J connectivity index is 1.74. The molecule has 1 aromatic carbocycles. The molecule has 1 atom stereocenters. The van der Waals surface area contributed by atoms with E-state index < -0.39 is 23.4 Å². The first-order valence-corrected chi connectivity index (χ1v) is 7.70. The molecular weight excluding hydrogens is 340 g/mol. The second-order valence-corrected chi connectivity index (χ2v) is 5.87. The number of carbonyl (C=O) groups is 4. The molecule has 9 heteroatoms. The molecule has 26 heavy (non-hydrogen) atoms. The average Bonchev–Trinajstić information content (AvgIpc) is 3.19. The Kier molecular flexibility index (Phi) is 4.21. The third kappa shape index (κ3) is 3.02. The van der Waals surface area contributed by atoms with E-state index in [1.54, 1.807) is 12.1 Å². The van der Waals surface area contributed by atoms with Crippen molar-refractivity contribution in [1.82, 2.24) is 15.8 Å². The predicted octanol–water partition coefficient (Wildman–Crippen LogP) is 1.35. The Labute approximate surface area is 148 Å². The third-order valence-electron chi connectivity index (χ3n) is 3.89. The van der Waals surface area contributed by atoms with E-state index in [9.17, 15) is 19.2 Å². The van der Waals surface area contributed by atoms with Crippen LogP contribution in [0.15, 0.2) is 47.1 Å². The van der Waals surface area contributed by atoms with Crippen LogP contribution in [0.4, 0.5) is 10.5 Å². The van der Waals surface area contributed by atoms with Crippen LogP contribution < -0.4 is 16.1 Å². The number of urea groups is 1. The molecule has 5 amide bonds. The number of hydrazine groups is 1. The molecular formula is C17H16N4O5. The molecule has 1 aliphatic heterocycles. The van der Waals surface area contributed by atoms with Gasteiger partial charge in [0.15, 0.2) is 5.54 Å². The summed E-state index contributed by atoms with van der Waals surface area (Å²) in [4.78, 5) is 48.1. The molecule has 2 heterocycles. The fourth-order valence-electron chi connectivity index (χ4n) is 2.54. The zero-order chi connectivity index (χ0) is 18.9. The van der Waals surface area contributed by atoms with Gasteiger partial charge < -0.3 is 15.1 Å². The lowest BCUT2D eigenvalue weighted by Gasteiger charge is -2.19. The van der Waals surface area contributed by atoms with Crippen molar-refractivity contribution in [2.75, 3.05) is 5.32 Å². The van der Waals surface area contributed by atoms with Gasteiger partial charge in [-0.25, -0.2) is 4.79 Å². The smallest absolute Gasteiger partial charge is 0.344 e. The number of hydrogen-bond acceptors (Lipinski definition) is 5. The number of nitrogens with one attached hydrogen (secondary N) is 3. The van der Waals surface area contributed by atoms with Gasteiger partial charge in [-0.2, -0.15) is 5.01 Å². The maximum Gasteiger partial charge on any atom is 0.344 e. The number of anilines is 1. The minimum absolute atomic E-state index is 0.214. The lowest BCUT2D eigenvalue weighted by Crippen LogP contribution is -2.47. The average molecular weight is 356 g/mol. The maximum absolute atomic E-state index is 12.6. The van der Waals surface area contributed by atoms with Crippen molar-refractivity contribution >= 4 is 29.4 Å². The van der Waals surface area contributed by atoms with Crippen LogP contribution in [-0.4, -0.2) is 28.8 Å². The standard InChI is InChI=1S/C17H16N4O5/c1-10(22)18-12-7-5-11(6-8-12)14(23)20-21-15(24)17(2,19-16(21)25)13-4-3-9-26-13/h3-9H,1-2H3,(H,18,22)(H,19,25)(H,20,23)/t17-/m0/s1. The van der Waals surface area contributed by atoms with Gasteiger partial charge in [0.2, 0.25) is 5.91 Å². The fraction of sp³-hybridized carbons (Fsp3) is 0.176. The van der Waals surface area contributed by atoms with Gasteiger partial charge in [-0.3, -0.25) is 19.8 Å². The van der Waals surface area contributed by atoms with Gasteiger partial charge in [0.1, 0.15) is 5.76 Å². The number of hydrogen-bond donors (Lipinski definition) is 3. The zero-order valence-corrected chi connectivity index (χ0v) is 14.0. The van der Waals surface area contributed by atoms with Crippen LogP contribution in [0, 0.1) is 0 Å². The summed E-state index contributed by atoms with van der Waals surface area (Å²) in [5.74, 6) is -1.29. The Hall–Kier alpha value is -3.62. The van der Waals surface area contributed by atoms with Crippen LogP contribution in [0.3, 0.4) is 0 Å². The lowest BCUT2D eigenvalue weighted by atomic mass is 10.00. The van der Waals surface area contributed by atoms with Gasteiger partial charge >= 0.3 is 6.03 Å². The van der Waals surface area contributed by atoms with E-state index in [4.69, 9.17) is 4.42 Å². The van der Waals surface area contributed by atoms with Gasteiger partial charge in [-0.15, -0.1) is 0 Å². The van der Waals surface area contributed by atoms with Crippen molar-refractivity contribution in [2.45, 2.75) is 19.4 Å². The van der Waals surface area contributed by atoms with E-state index in [0.29, 0.717) is 10.7 Å². The molecule has 0 unspecified atom stereocenters. The lowest BCUT2D eigenvalue weighted by molar-refractivity contribution is -0.133. The molecule has 1 aliphatic rings. The minimum Gasteiger partial charge on any atom is -0.466 e. The summed E-state index contributed by atoms with van der Waals surface area (Å²) in [5.41, 5.74) is 1.61. The van der Waals surface area contributed by atoms with Crippen molar-refractivity contribution in [3.63, 3.8) is 0 Å². The molecule has 134 valence electrons. The molecule has 0 bridgehead atoms. The maximum atomic E-state index is 12.6. The largest absolute Gasteiger partial charge is 0.466 e. The third-order valence-corrected chi connectivity index (χ3v) is 3.89. The highest BCUT2D eigenvalue weighted by Crippen LogP contribution is 2.28. The molecule has 9 nitrogen and oxygen atoms in total. The molecule has 1 fully saturated rings. The highest BCUT2D eigenvalue weighted by Gasteiger charge is 2.52. The Bertz CT molecular complexity index is 875. The first-order valence-electron chi connectivity index (χ1n) is 7.70. The van der Waals surface area contributed by atoms with E-state index in [2.05, 4.69) is 16.1 Å². The second kappa shape index (κ2) is 6.36. The summed E-state index contributed by atoms with van der Waals surface area (Å²) in [6, 6.07) is 8.39. The van der Waals surface area contributed by atoms with Crippen molar-refractivity contribution in [3.05, 3.63) is 54.0 Å². The fourth-order valence-corrected chi connectivity index (χ4v) is 2.54. The van der Waals surface area contributed by atoms with Crippen LogP contribution in [-0.2, 0) is 15.1 Å². The summed E-state index contributed by atoms with van der Waals surface area (Å²) in [6.45, 7) is 2.86. The Morgan fingerprint density at radius 3 is 2.42 bits per heavy atom. The van der Waals surface area contributed by atoms with Crippen LogP contribution in [0.1, 0.15) is 30.0 Å². The molecule has 2 aromatic rings. The Morgan fingerprint density at radius 2 is 1.85 bits per heavy atom. The summed E-state index contributed by atoms with van der Waals surface area (Å²) in [6.07, 6.45) is 1.39. The molecule has 3 rings (SSSR count). The highest BCUT2D eigenvalue weighted by atomic mass is 16.3. The quantitative estimate of drug-likeness (QED) is 0.714. The van der Waals surface area contributed by atoms with Crippen molar-refractivity contribution in [2.24, 2.45) is 0 Å². The summed E-state index contributed by atoms with van der Waals surface area (Å²) < 4.78 is 5.21. The molecule has 0 radical (unpaired) electrons. The van der Waals surface area contributed by atoms with E-state index in [1.165, 1.54) is 44.4 Å². The summed E-state index contributed by atoms with van der Waals surface area (Å²) in [5, 5.41) is 5.69. The van der Waals surface area contributed by atoms with Crippen LogP contribution in [0.25, 0.3) is 0 Å². The number of benzene rings is 1. The topological polar surface area (TPSA) is 121 Å². The molecule has 0 spiro atoms. The molecule has 1 aromatic heterocycles. The van der Waals surface area contributed by atoms with Gasteiger partial charge in [0.05, 0.1) is 6.26 Å². The van der Waals surface area contributed by atoms with Crippen LogP contribution >= 0.6 is 0 Å². The Morgan fingerprint density at radius 1 is 1.15 bits per heavy atom. The van der Waals surface area contributed by atoms with Crippen LogP contribution in [0.2, 0.25) is 0 Å². The van der Waals surface area contributed by atoms with Crippen LogP contribution in [0.5, 0.6) is 0 Å². The molecule has 3 N–H and O–H groups in total. The first-order chi connectivity index (χ1) is 12.3. The minimum atomic E-state index is -1.40. The van der Waals surface area contributed by atoms with Gasteiger partial charge in [-0.05, 0) is 43.3 Å². The van der Waals surface area contributed by atoms with Crippen molar-refractivity contribution in [3.8, 4) is 0 Å². The van der Waals surface area contributed by atoms with Crippen molar-refractivity contribution in [1.29, 1.82) is 0 Å². The highest BCUT2D eigenvalue weighted by molar-refractivity contribution is 6.09. The van der Waals surface area contributed by atoms with Gasteiger partial charge in [0, 0.05) is 18.2 Å². The van der Waals surface area contributed by atoms with E-state index in [-0.39, 0.29) is 17.2 Å².